The van der Waals surface area contributed by atoms with E-state index in [-0.39, 0.29) is 11.2 Å². The van der Waals surface area contributed by atoms with Crippen LogP contribution in [0.3, 0.4) is 0 Å². The van der Waals surface area contributed by atoms with Gasteiger partial charge < -0.3 is 15.7 Å². The van der Waals surface area contributed by atoms with Crippen molar-refractivity contribution in [2.24, 2.45) is 0 Å². The molecule has 3 rings (SSSR count). The zero-order valence-corrected chi connectivity index (χ0v) is 17.4. The molecule has 1 aromatic carbocycles. The van der Waals surface area contributed by atoms with Crippen LogP contribution in [-0.2, 0) is 31.6 Å². The fraction of sp³-hybridized carbons (Fsp3) is 0.333. The molecule has 0 unspecified atom stereocenters. The van der Waals surface area contributed by atoms with Crippen molar-refractivity contribution in [3.05, 3.63) is 89.0 Å². The van der Waals surface area contributed by atoms with E-state index in [1.807, 2.05) is 48.5 Å². The second-order valence-electron chi connectivity index (χ2n) is 8.22. The molecule has 0 fully saturated rings. The molecule has 0 atom stereocenters. The average molecular weight is 390 g/mol. The molecule has 0 aliphatic carbocycles. The lowest BCUT2D eigenvalue weighted by Gasteiger charge is -2.27. The first-order valence-corrected chi connectivity index (χ1v) is 9.98. The molecule has 0 saturated carbocycles. The SMILES string of the molecule is CC(C)(C)c1cc(CNCc2ccccn2)c([O-])c(CNCc2ccccn2)c1. The zero-order chi connectivity index (χ0) is 20.7. The van der Waals surface area contributed by atoms with Gasteiger partial charge in [0.15, 0.2) is 0 Å². The summed E-state index contributed by atoms with van der Waals surface area (Å²) in [6.45, 7) is 8.81. The largest absolute Gasteiger partial charge is 0.872 e. The lowest BCUT2D eigenvalue weighted by Crippen LogP contribution is -2.21. The van der Waals surface area contributed by atoms with E-state index >= 15 is 0 Å². The Morgan fingerprint density at radius 1 is 0.759 bits per heavy atom. The van der Waals surface area contributed by atoms with Gasteiger partial charge in [-0.2, -0.15) is 0 Å². The summed E-state index contributed by atoms with van der Waals surface area (Å²) in [5.41, 5.74) is 4.65. The highest BCUT2D eigenvalue weighted by molar-refractivity contribution is 5.45. The number of benzene rings is 1. The second kappa shape index (κ2) is 9.63. The van der Waals surface area contributed by atoms with Crippen LogP contribution in [0.25, 0.3) is 0 Å². The molecule has 0 aliphatic heterocycles. The Morgan fingerprint density at radius 3 is 1.62 bits per heavy atom. The monoisotopic (exact) mass is 389 g/mol. The molecule has 0 radical (unpaired) electrons. The van der Waals surface area contributed by atoms with E-state index in [1.165, 1.54) is 5.56 Å². The van der Waals surface area contributed by atoms with Gasteiger partial charge >= 0.3 is 0 Å². The summed E-state index contributed by atoms with van der Waals surface area (Å²) < 4.78 is 0. The Balaban J connectivity index is 1.71. The Hall–Kier alpha value is -2.76. The van der Waals surface area contributed by atoms with Crippen molar-refractivity contribution < 1.29 is 5.11 Å². The molecule has 5 nitrogen and oxygen atoms in total. The molecule has 0 spiro atoms. The second-order valence-corrected chi connectivity index (χ2v) is 8.22. The number of rotatable bonds is 8. The molecule has 0 saturated heterocycles. The molecule has 3 aromatic rings. The van der Waals surface area contributed by atoms with Gasteiger partial charge in [0, 0.05) is 38.6 Å². The first-order chi connectivity index (χ1) is 13.9. The maximum atomic E-state index is 13.0. The molecule has 29 heavy (non-hydrogen) atoms. The predicted octanol–water partition coefficient (Wildman–Crippen LogP) is 3.43. The van der Waals surface area contributed by atoms with Gasteiger partial charge in [-0.3, -0.25) is 9.97 Å². The number of hydrogen-bond donors (Lipinski definition) is 2. The van der Waals surface area contributed by atoms with Gasteiger partial charge in [0.1, 0.15) is 0 Å². The molecular formula is C24H29N4O-. The van der Waals surface area contributed by atoms with Gasteiger partial charge in [-0.25, -0.2) is 0 Å². The van der Waals surface area contributed by atoms with Crippen molar-refractivity contribution in [1.29, 1.82) is 0 Å². The number of nitrogens with one attached hydrogen (secondary N) is 2. The van der Waals surface area contributed by atoms with Gasteiger partial charge in [-0.15, -0.1) is 0 Å². The number of aromatic nitrogens is 2. The van der Waals surface area contributed by atoms with Crippen molar-refractivity contribution in [2.45, 2.75) is 52.4 Å². The van der Waals surface area contributed by atoms with Crippen LogP contribution in [-0.4, -0.2) is 9.97 Å². The minimum absolute atomic E-state index is 0.0286. The molecule has 0 aliphatic rings. The molecule has 0 amide bonds. The number of pyridine rings is 2. The molecule has 2 aromatic heterocycles. The maximum Gasteiger partial charge on any atom is 0.0541 e. The first kappa shape index (κ1) is 21.0. The minimum atomic E-state index is -0.0286. The summed E-state index contributed by atoms with van der Waals surface area (Å²) in [4.78, 5) is 8.64. The van der Waals surface area contributed by atoms with Crippen LogP contribution >= 0.6 is 0 Å². The highest BCUT2D eigenvalue weighted by Gasteiger charge is 2.16. The van der Waals surface area contributed by atoms with Crippen LogP contribution in [0.2, 0.25) is 0 Å². The van der Waals surface area contributed by atoms with Crippen LogP contribution < -0.4 is 15.7 Å². The van der Waals surface area contributed by atoms with Crippen LogP contribution in [0.5, 0.6) is 5.75 Å². The van der Waals surface area contributed by atoms with Crippen LogP contribution in [0, 0.1) is 0 Å². The summed E-state index contributed by atoms with van der Waals surface area (Å²) in [6.07, 6.45) is 3.56. The summed E-state index contributed by atoms with van der Waals surface area (Å²) in [7, 11) is 0. The highest BCUT2D eigenvalue weighted by atomic mass is 16.3. The van der Waals surface area contributed by atoms with Gasteiger partial charge in [-0.1, -0.05) is 50.8 Å². The molecule has 5 heteroatoms. The van der Waals surface area contributed by atoms with Gasteiger partial charge in [0.2, 0.25) is 0 Å². The summed E-state index contributed by atoms with van der Waals surface area (Å²) in [6, 6.07) is 15.8. The van der Waals surface area contributed by atoms with E-state index in [2.05, 4.69) is 41.4 Å². The van der Waals surface area contributed by atoms with Gasteiger partial charge in [0.05, 0.1) is 11.4 Å². The molecule has 0 bridgehead atoms. The van der Waals surface area contributed by atoms with Gasteiger partial charge in [0.25, 0.3) is 0 Å². The third-order valence-corrected chi connectivity index (χ3v) is 4.80. The van der Waals surface area contributed by atoms with Crippen LogP contribution in [0.4, 0.5) is 0 Å². The third-order valence-electron chi connectivity index (χ3n) is 4.80. The molecule has 2 N–H and O–H groups in total. The van der Waals surface area contributed by atoms with Gasteiger partial charge in [-0.05, 0) is 46.4 Å². The Morgan fingerprint density at radius 2 is 1.24 bits per heavy atom. The zero-order valence-electron chi connectivity index (χ0n) is 17.4. The molecule has 2 heterocycles. The third kappa shape index (κ3) is 6.11. The summed E-state index contributed by atoms with van der Waals surface area (Å²) >= 11 is 0. The fourth-order valence-corrected chi connectivity index (χ4v) is 3.11. The standard InChI is InChI=1S/C24H30N4O/c1-24(2,3)20-12-18(14-25-16-21-8-4-6-10-27-21)23(29)19(13-20)15-26-17-22-9-5-7-11-28-22/h4-13,25-26,29H,14-17H2,1-3H3/p-1. The first-order valence-electron chi connectivity index (χ1n) is 9.98. The highest BCUT2D eigenvalue weighted by Crippen LogP contribution is 2.29. The average Bonchev–Trinajstić information content (AvgIpc) is 2.71. The smallest absolute Gasteiger partial charge is 0.0541 e. The lowest BCUT2D eigenvalue weighted by atomic mass is 9.84. The lowest BCUT2D eigenvalue weighted by molar-refractivity contribution is -0.270. The van der Waals surface area contributed by atoms with E-state index in [4.69, 9.17) is 0 Å². The predicted molar refractivity (Wildman–Crippen MR) is 114 cm³/mol. The summed E-state index contributed by atoms with van der Waals surface area (Å²) in [5, 5.41) is 19.7. The fourth-order valence-electron chi connectivity index (χ4n) is 3.11. The maximum absolute atomic E-state index is 13.0. The quantitative estimate of drug-likeness (QED) is 0.618. The van der Waals surface area contributed by atoms with E-state index in [9.17, 15) is 5.11 Å². The van der Waals surface area contributed by atoms with Crippen molar-refractivity contribution in [2.75, 3.05) is 0 Å². The molecular weight excluding hydrogens is 360 g/mol. The van der Waals surface area contributed by atoms with Crippen molar-refractivity contribution in [1.82, 2.24) is 20.6 Å². The number of hydrogen-bond acceptors (Lipinski definition) is 5. The van der Waals surface area contributed by atoms with Crippen LogP contribution in [0.1, 0.15) is 48.8 Å². The topological polar surface area (TPSA) is 72.9 Å². The Kier molecular flexibility index (Phi) is 6.96. The summed E-state index contributed by atoms with van der Waals surface area (Å²) in [5.74, 6) is 0.0973. The van der Waals surface area contributed by atoms with Crippen molar-refractivity contribution in [3.8, 4) is 5.75 Å². The normalized spacial score (nSPS) is 11.6. The molecule has 152 valence electrons. The van der Waals surface area contributed by atoms with E-state index in [1.54, 1.807) is 12.4 Å². The number of nitrogens with zero attached hydrogens (tertiary/aromatic N) is 2. The minimum Gasteiger partial charge on any atom is -0.872 e. The van der Waals surface area contributed by atoms with Crippen LogP contribution in [0.15, 0.2) is 60.9 Å². The Labute approximate surface area is 173 Å². The van der Waals surface area contributed by atoms with E-state index < -0.39 is 0 Å². The van der Waals surface area contributed by atoms with Crippen molar-refractivity contribution in [3.63, 3.8) is 0 Å². The van der Waals surface area contributed by atoms with E-state index in [0.29, 0.717) is 26.2 Å². The Bertz CT molecular complexity index is 839. The van der Waals surface area contributed by atoms with Crippen molar-refractivity contribution >= 4 is 0 Å². The van der Waals surface area contributed by atoms with E-state index in [0.717, 1.165) is 22.5 Å².